The molecule has 2 aliphatic heterocycles. The number of pyridine rings is 1. The van der Waals surface area contributed by atoms with Gasteiger partial charge in [0.1, 0.15) is 11.4 Å². The summed E-state index contributed by atoms with van der Waals surface area (Å²) in [7, 11) is 0. The number of nitrogens with zero attached hydrogens (tertiary/aromatic N) is 3. The Bertz CT molecular complexity index is 876. The molecular formula is C22H27N3O3. The van der Waals surface area contributed by atoms with Gasteiger partial charge in [-0.15, -0.1) is 0 Å². The maximum absolute atomic E-state index is 12.9. The van der Waals surface area contributed by atoms with Crippen molar-refractivity contribution in [3.63, 3.8) is 0 Å². The first-order valence-electron chi connectivity index (χ1n) is 10.2. The third-order valence-electron chi connectivity index (χ3n) is 5.67. The highest BCUT2D eigenvalue weighted by Crippen LogP contribution is 2.27. The summed E-state index contributed by atoms with van der Waals surface area (Å²) in [4.78, 5) is 34.0. The van der Waals surface area contributed by atoms with Crippen LogP contribution in [0.4, 0.5) is 5.82 Å². The summed E-state index contributed by atoms with van der Waals surface area (Å²) >= 11 is 0. The molecule has 6 nitrogen and oxygen atoms in total. The fourth-order valence-corrected chi connectivity index (χ4v) is 4.14. The zero-order valence-electron chi connectivity index (χ0n) is 16.4. The second-order valence-corrected chi connectivity index (χ2v) is 7.91. The molecule has 3 heterocycles. The average Bonchev–Trinajstić information content (AvgIpc) is 3.25. The van der Waals surface area contributed by atoms with Crippen molar-refractivity contribution >= 4 is 28.6 Å². The third kappa shape index (κ3) is 3.96. The summed E-state index contributed by atoms with van der Waals surface area (Å²) in [6.07, 6.45) is 4.34. The first kappa shape index (κ1) is 18.7. The summed E-state index contributed by atoms with van der Waals surface area (Å²) in [5, 5.41) is 0.897. The number of aromatic nitrogens is 1. The molecule has 0 aliphatic carbocycles. The van der Waals surface area contributed by atoms with E-state index in [4.69, 9.17) is 9.72 Å². The zero-order chi connectivity index (χ0) is 19.5. The van der Waals surface area contributed by atoms with Crippen LogP contribution in [-0.2, 0) is 9.53 Å². The van der Waals surface area contributed by atoms with Gasteiger partial charge in [-0.2, -0.15) is 0 Å². The Morgan fingerprint density at radius 1 is 1.14 bits per heavy atom. The Balaban J connectivity index is 1.52. The number of carbonyl (C=O) groups is 2. The standard InChI is InChI=1S/C22H27N3O3/c1-16-7-6-12-25(14-16)20(26)15-28-22(27)18-13-17-8-2-3-9-19(17)23-21(18)24-10-4-5-11-24/h2-3,8-9,13,16H,4-7,10-12,14-15H2,1H3. The minimum absolute atomic E-state index is 0.114. The lowest BCUT2D eigenvalue weighted by Crippen LogP contribution is -2.41. The van der Waals surface area contributed by atoms with Crippen LogP contribution in [0.1, 0.15) is 43.0 Å². The van der Waals surface area contributed by atoms with E-state index in [1.54, 1.807) is 0 Å². The van der Waals surface area contributed by atoms with Crippen LogP contribution in [0.5, 0.6) is 0 Å². The lowest BCUT2D eigenvalue weighted by molar-refractivity contribution is -0.136. The molecule has 1 unspecified atom stereocenters. The van der Waals surface area contributed by atoms with E-state index in [0.717, 1.165) is 62.8 Å². The van der Waals surface area contributed by atoms with Crippen molar-refractivity contribution in [3.8, 4) is 0 Å². The molecule has 0 saturated carbocycles. The largest absolute Gasteiger partial charge is 0.452 e. The van der Waals surface area contributed by atoms with Gasteiger partial charge in [0.05, 0.1) is 5.52 Å². The molecule has 2 aliphatic rings. The smallest absolute Gasteiger partial charge is 0.342 e. The van der Waals surface area contributed by atoms with Crippen LogP contribution in [0.2, 0.25) is 0 Å². The summed E-state index contributed by atoms with van der Waals surface area (Å²) in [6, 6.07) is 9.60. The van der Waals surface area contributed by atoms with Crippen LogP contribution < -0.4 is 4.90 Å². The number of rotatable bonds is 4. The van der Waals surface area contributed by atoms with Crippen LogP contribution in [0.15, 0.2) is 30.3 Å². The number of hydrogen-bond donors (Lipinski definition) is 0. The van der Waals surface area contributed by atoms with Gasteiger partial charge in [-0.25, -0.2) is 9.78 Å². The first-order valence-corrected chi connectivity index (χ1v) is 10.2. The van der Waals surface area contributed by atoms with E-state index >= 15 is 0 Å². The molecular weight excluding hydrogens is 354 g/mol. The summed E-state index contributed by atoms with van der Waals surface area (Å²) in [5.41, 5.74) is 1.31. The molecule has 1 atom stereocenters. The van der Waals surface area contributed by atoms with E-state index in [-0.39, 0.29) is 12.5 Å². The van der Waals surface area contributed by atoms with Crippen molar-refractivity contribution in [1.82, 2.24) is 9.88 Å². The number of hydrogen-bond acceptors (Lipinski definition) is 5. The van der Waals surface area contributed by atoms with Gasteiger partial charge >= 0.3 is 5.97 Å². The lowest BCUT2D eigenvalue weighted by Gasteiger charge is -2.30. The number of benzene rings is 1. The molecule has 2 fully saturated rings. The number of carbonyl (C=O) groups excluding carboxylic acids is 2. The quantitative estimate of drug-likeness (QED) is 0.761. The SMILES string of the molecule is CC1CCCN(C(=O)COC(=O)c2cc3ccccc3nc2N2CCCC2)C1. The second-order valence-electron chi connectivity index (χ2n) is 7.91. The predicted octanol–water partition coefficient (Wildman–Crippen LogP) is 3.25. The van der Waals surface area contributed by atoms with E-state index in [0.29, 0.717) is 17.3 Å². The summed E-state index contributed by atoms with van der Waals surface area (Å²) in [5.74, 6) is 0.579. The first-order chi connectivity index (χ1) is 13.6. The molecule has 4 rings (SSSR count). The van der Waals surface area contributed by atoms with Crippen molar-refractivity contribution in [2.45, 2.75) is 32.6 Å². The van der Waals surface area contributed by atoms with Gasteiger partial charge in [-0.1, -0.05) is 25.1 Å². The minimum atomic E-state index is -0.474. The molecule has 148 valence electrons. The van der Waals surface area contributed by atoms with Crippen LogP contribution >= 0.6 is 0 Å². The molecule has 2 saturated heterocycles. The maximum atomic E-state index is 12.9. The van der Waals surface area contributed by atoms with Gasteiger partial charge in [-0.3, -0.25) is 4.79 Å². The van der Waals surface area contributed by atoms with Crippen LogP contribution in [0.3, 0.4) is 0 Å². The Hall–Kier alpha value is -2.63. The number of piperidine rings is 1. The van der Waals surface area contributed by atoms with Gasteiger partial charge in [-0.05, 0) is 43.7 Å². The van der Waals surface area contributed by atoms with Gasteiger partial charge in [0.15, 0.2) is 6.61 Å². The molecule has 1 amide bonds. The minimum Gasteiger partial charge on any atom is -0.452 e. The maximum Gasteiger partial charge on any atom is 0.342 e. The normalized spacial score (nSPS) is 19.8. The summed E-state index contributed by atoms with van der Waals surface area (Å²) < 4.78 is 5.43. The van der Waals surface area contributed by atoms with Crippen LogP contribution in [0, 0.1) is 5.92 Å². The number of fused-ring (bicyclic) bond motifs is 1. The monoisotopic (exact) mass is 381 g/mol. The molecule has 1 aromatic carbocycles. The van der Waals surface area contributed by atoms with Crippen molar-refractivity contribution < 1.29 is 14.3 Å². The van der Waals surface area contributed by atoms with Crippen LogP contribution in [0.25, 0.3) is 10.9 Å². The second kappa shape index (κ2) is 8.17. The van der Waals surface area contributed by atoms with Crippen molar-refractivity contribution in [1.29, 1.82) is 0 Å². The van der Waals surface area contributed by atoms with Gasteiger partial charge in [0.25, 0.3) is 5.91 Å². The fraction of sp³-hybridized carbons (Fsp3) is 0.500. The Labute approximate surface area is 165 Å². The van der Waals surface area contributed by atoms with Gasteiger partial charge < -0.3 is 14.5 Å². The van der Waals surface area contributed by atoms with Crippen molar-refractivity contribution in [2.24, 2.45) is 5.92 Å². The van der Waals surface area contributed by atoms with Gasteiger partial charge in [0.2, 0.25) is 0 Å². The van der Waals surface area contributed by atoms with Crippen molar-refractivity contribution in [2.75, 3.05) is 37.7 Å². The Kier molecular flexibility index (Phi) is 5.46. The number of amides is 1. The van der Waals surface area contributed by atoms with Crippen molar-refractivity contribution in [3.05, 3.63) is 35.9 Å². The highest BCUT2D eigenvalue weighted by atomic mass is 16.5. The third-order valence-corrected chi connectivity index (χ3v) is 5.67. The van der Waals surface area contributed by atoms with E-state index in [1.807, 2.05) is 35.2 Å². The van der Waals surface area contributed by atoms with E-state index in [2.05, 4.69) is 11.8 Å². The highest BCUT2D eigenvalue weighted by Gasteiger charge is 2.25. The number of anilines is 1. The molecule has 2 aromatic rings. The number of likely N-dealkylation sites (tertiary alicyclic amines) is 1. The molecule has 1 aromatic heterocycles. The zero-order valence-corrected chi connectivity index (χ0v) is 16.4. The highest BCUT2D eigenvalue weighted by molar-refractivity contribution is 6.00. The lowest BCUT2D eigenvalue weighted by atomic mass is 10.0. The molecule has 6 heteroatoms. The molecule has 0 N–H and O–H groups in total. The van der Waals surface area contributed by atoms with E-state index < -0.39 is 5.97 Å². The summed E-state index contributed by atoms with van der Waals surface area (Å²) in [6.45, 7) is 5.20. The molecule has 0 radical (unpaired) electrons. The Morgan fingerprint density at radius 2 is 1.93 bits per heavy atom. The topological polar surface area (TPSA) is 62.7 Å². The van der Waals surface area contributed by atoms with Crippen LogP contribution in [-0.4, -0.2) is 54.5 Å². The predicted molar refractivity (Wildman–Crippen MR) is 108 cm³/mol. The average molecular weight is 381 g/mol. The molecule has 28 heavy (non-hydrogen) atoms. The van der Waals surface area contributed by atoms with Gasteiger partial charge in [0, 0.05) is 31.6 Å². The molecule has 0 spiro atoms. The number of ether oxygens (including phenoxy) is 1. The van der Waals surface area contributed by atoms with E-state index in [1.165, 1.54) is 0 Å². The van der Waals surface area contributed by atoms with E-state index in [9.17, 15) is 9.59 Å². The number of para-hydroxylation sites is 1. The number of esters is 1. The molecule has 0 bridgehead atoms. The Morgan fingerprint density at radius 3 is 2.71 bits per heavy atom. The fourth-order valence-electron chi connectivity index (χ4n) is 4.14.